The third-order valence-corrected chi connectivity index (χ3v) is 4.33. The first-order valence-electron chi connectivity index (χ1n) is 9.02. The zero-order chi connectivity index (χ0) is 20.5. The van der Waals surface area contributed by atoms with Gasteiger partial charge in [0.2, 0.25) is 5.91 Å². The number of nitrogens with zero attached hydrogens (tertiary/aromatic N) is 1. The van der Waals surface area contributed by atoms with Gasteiger partial charge in [-0.05, 0) is 30.8 Å². The van der Waals surface area contributed by atoms with E-state index in [1.807, 2.05) is 0 Å². The molecule has 0 spiro atoms. The lowest BCUT2D eigenvalue weighted by atomic mass is 10.0. The minimum Gasteiger partial charge on any atom is -0.460 e. The van der Waals surface area contributed by atoms with Crippen molar-refractivity contribution in [2.45, 2.75) is 38.7 Å². The molecule has 10 heteroatoms. The largest absolute Gasteiger partial charge is 0.460 e. The lowest BCUT2D eigenvalue weighted by molar-refractivity contribution is -0.384. The Morgan fingerprint density at radius 2 is 2.11 bits per heavy atom. The van der Waals surface area contributed by atoms with E-state index >= 15 is 0 Å². The Morgan fingerprint density at radius 1 is 1.39 bits per heavy atom. The molecule has 0 saturated carbocycles. The molecule has 0 bridgehead atoms. The van der Waals surface area contributed by atoms with E-state index in [2.05, 4.69) is 17.6 Å². The van der Waals surface area contributed by atoms with Gasteiger partial charge in [0.15, 0.2) is 5.11 Å². The number of unbranched alkanes of at least 4 members (excludes halogenated alkanes) is 1. The number of ether oxygens (including phenoxy) is 2. The van der Waals surface area contributed by atoms with Crippen molar-refractivity contribution in [1.82, 2.24) is 5.32 Å². The number of esters is 1. The number of benzene rings is 1. The summed E-state index contributed by atoms with van der Waals surface area (Å²) in [6.07, 6.45) is 2.05. The van der Waals surface area contributed by atoms with Crippen LogP contribution in [-0.4, -0.2) is 41.2 Å². The summed E-state index contributed by atoms with van der Waals surface area (Å²) in [5.41, 5.74) is 0.453. The van der Waals surface area contributed by atoms with E-state index in [1.165, 1.54) is 24.3 Å². The van der Waals surface area contributed by atoms with E-state index in [0.29, 0.717) is 25.3 Å². The van der Waals surface area contributed by atoms with Gasteiger partial charge in [-0.1, -0.05) is 13.3 Å². The number of nitro benzene ring substituents is 1. The lowest BCUT2D eigenvalue weighted by Crippen LogP contribution is -2.35. The van der Waals surface area contributed by atoms with Gasteiger partial charge >= 0.3 is 5.97 Å². The van der Waals surface area contributed by atoms with Crippen LogP contribution >= 0.6 is 12.2 Å². The highest BCUT2D eigenvalue weighted by Crippen LogP contribution is 2.24. The van der Waals surface area contributed by atoms with E-state index in [-0.39, 0.29) is 23.3 Å². The molecule has 1 aliphatic heterocycles. The van der Waals surface area contributed by atoms with Crippen LogP contribution in [0.1, 0.15) is 32.6 Å². The molecule has 152 valence electrons. The summed E-state index contributed by atoms with van der Waals surface area (Å²) in [6, 6.07) is 5.61. The van der Waals surface area contributed by atoms with Crippen LogP contribution in [0.4, 0.5) is 11.4 Å². The quantitative estimate of drug-likeness (QED) is 0.210. The molecule has 2 N–H and O–H groups in total. The number of hydrogen-bond acceptors (Lipinski definition) is 7. The van der Waals surface area contributed by atoms with Crippen LogP contribution in [0.5, 0.6) is 0 Å². The van der Waals surface area contributed by atoms with Gasteiger partial charge < -0.3 is 20.1 Å². The van der Waals surface area contributed by atoms with Gasteiger partial charge in [-0.15, -0.1) is 0 Å². The molecule has 1 heterocycles. The van der Waals surface area contributed by atoms with Crippen molar-refractivity contribution in [2.24, 2.45) is 5.92 Å². The number of hydrogen-bond donors (Lipinski definition) is 2. The molecule has 28 heavy (non-hydrogen) atoms. The molecule has 1 aromatic rings. The van der Waals surface area contributed by atoms with Gasteiger partial charge in [0.25, 0.3) is 5.69 Å². The Balaban J connectivity index is 1.74. The van der Waals surface area contributed by atoms with Crippen molar-refractivity contribution in [3.8, 4) is 0 Å². The zero-order valence-electron chi connectivity index (χ0n) is 15.5. The maximum Gasteiger partial charge on any atom is 0.309 e. The molecule has 0 aliphatic carbocycles. The monoisotopic (exact) mass is 409 g/mol. The number of non-ortho nitro benzene ring substituents is 1. The van der Waals surface area contributed by atoms with Crippen LogP contribution in [-0.2, 0) is 19.1 Å². The highest BCUT2D eigenvalue weighted by Gasteiger charge is 2.35. The molecule has 1 fully saturated rings. The minimum atomic E-state index is -0.526. The van der Waals surface area contributed by atoms with E-state index in [1.54, 1.807) is 0 Å². The molecule has 9 nitrogen and oxygen atoms in total. The summed E-state index contributed by atoms with van der Waals surface area (Å²) in [5, 5.41) is 15.9. The number of amides is 1. The third-order valence-electron chi connectivity index (χ3n) is 4.13. The van der Waals surface area contributed by atoms with Crippen LogP contribution in [0.25, 0.3) is 0 Å². The van der Waals surface area contributed by atoms with E-state index in [9.17, 15) is 19.7 Å². The average molecular weight is 409 g/mol. The van der Waals surface area contributed by atoms with Crippen molar-refractivity contribution < 1.29 is 24.0 Å². The summed E-state index contributed by atoms with van der Waals surface area (Å²) in [4.78, 5) is 34.2. The van der Waals surface area contributed by atoms with Gasteiger partial charge in [0.1, 0.15) is 6.10 Å². The second-order valence-electron chi connectivity index (χ2n) is 6.43. The van der Waals surface area contributed by atoms with Crippen LogP contribution in [0.2, 0.25) is 0 Å². The smallest absolute Gasteiger partial charge is 0.309 e. The standard InChI is InChI=1S/C18H23N3O6S/c1-2-3-8-26-11-15-9-12(17(23)27-15)10-16(22)20-18(28)19-13-4-6-14(7-5-13)21(24)25/h4-7,12,15H,2-3,8-11H2,1H3,(H2,19,20,22,28)/t12-,15-/m1/s1. The number of carbonyl (C=O) groups excluding carboxylic acids is 2. The second-order valence-corrected chi connectivity index (χ2v) is 6.84. The van der Waals surface area contributed by atoms with Crippen molar-refractivity contribution in [3.63, 3.8) is 0 Å². The summed E-state index contributed by atoms with van der Waals surface area (Å²) in [6.45, 7) is 3.02. The SMILES string of the molecule is CCCCOC[C@H]1C[C@H](CC(=O)NC(=S)Nc2ccc([N+](=O)[O-])cc2)C(=O)O1. The molecule has 0 aromatic heterocycles. The molecule has 1 aliphatic rings. The van der Waals surface area contributed by atoms with Crippen molar-refractivity contribution in [3.05, 3.63) is 34.4 Å². The number of nitro groups is 1. The maximum atomic E-state index is 12.1. The molecule has 2 atom stereocenters. The predicted octanol–water partition coefficient (Wildman–Crippen LogP) is 2.55. The Hall–Kier alpha value is -2.59. The summed E-state index contributed by atoms with van der Waals surface area (Å²) in [7, 11) is 0. The first kappa shape index (κ1) is 21.7. The van der Waals surface area contributed by atoms with Crippen LogP contribution < -0.4 is 10.6 Å². The Kier molecular flexibility index (Phi) is 8.27. The van der Waals surface area contributed by atoms with Gasteiger partial charge in [-0.25, -0.2) is 0 Å². The number of nitrogens with one attached hydrogen (secondary N) is 2. The molecule has 0 unspecified atom stereocenters. The summed E-state index contributed by atoms with van der Waals surface area (Å²) < 4.78 is 10.7. The van der Waals surface area contributed by atoms with Crippen LogP contribution in [0.3, 0.4) is 0 Å². The molecular weight excluding hydrogens is 386 g/mol. The number of carbonyl (C=O) groups is 2. The van der Waals surface area contributed by atoms with Gasteiger partial charge in [-0.2, -0.15) is 0 Å². The Labute approximate surface area is 167 Å². The van der Waals surface area contributed by atoms with Crippen LogP contribution in [0.15, 0.2) is 24.3 Å². The minimum absolute atomic E-state index is 0.0353. The molecule has 2 rings (SSSR count). The fourth-order valence-corrected chi connectivity index (χ4v) is 2.91. The zero-order valence-corrected chi connectivity index (χ0v) is 16.3. The van der Waals surface area contributed by atoms with Gasteiger partial charge in [-0.3, -0.25) is 19.7 Å². The second kappa shape index (κ2) is 10.7. The fourth-order valence-electron chi connectivity index (χ4n) is 2.68. The first-order chi connectivity index (χ1) is 13.4. The normalized spacial score (nSPS) is 18.4. The van der Waals surface area contributed by atoms with Crippen molar-refractivity contribution in [1.29, 1.82) is 0 Å². The number of rotatable bonds is 9. The molecule has 1 aromatic carbocycles. The fraction of sp³-hybridized carbons (Fsp3) is 0.500. The van der Waals surface area contributed by atoms with Crippen LogP contribution in [0, 0.1) is 16.0 Å². The highest BCUT2D eigenvalue weighted by molar-refractivity contribution is 7.80. The van der Waals surface area contributed by atoms with Crippen molar-refractivity contribution >= 4 is 40.6 Å². The summed E-state index contributed by atoms with van der Waals surface area (Å²) >= 11 is 5.06. The maximum absolute atomic E-state index is 12.1. The molecule has 0 radical (unpaired) electrons. The predicted molar refractivity (Wildman–Crippen MR) is 106 cm³/mol. The molecule has 1 amide bonds. The average Bonchev–Trinajstić information content (AvgIpc) is 2.98. The van der Waals surface area contributed by atoms with Gasteiger partial charge in [0.05, 0.1) is 17.4 Å². The molecule has 1 saturated heterocycles. The number of anilines is 1. The van der Waals surface area contributed by atoms with Gasteiger partial charge in [0, 0.05) is 37.3 Å². The lowest BCUT2D eigenvalue weighted by Gasteiger charge is -2.11. The van der Waals surface area contributed by atoms with E-state index < -0.39 is 22.7 Å². The van der Waals surface area contributed by atoms with E-state index in [0.717, 1.165) is 12.8 Å². The first-order valence-corrected chi connectivity index (χ1v) is 9.43. The summed E-state index contributed by atoms with van der Waals surface area (Å²) in [5.74, 6) is -1.34. The highest BCUT2D eigenvalue weighted by atomic mass is 32.1. The molecular formula is C18H23N3O6S. The third kappa shape index (κ3) is 6.86. The number of cyclic esters (lactones) is 1. The Morgan fingerprint density at radius 3 is 2.75 bits per heavy atom. The Bertz CT molecular complexity index is 725. The topological polar surface area (TPSA) is 120 Å². The van der Waals surface area contributed by atoms with Crippen molar-refractivity contribution in [2.75, 3.05) is 18.5 Å². The van der Waals surface area contributed by atoms with E-state index in [4.69, 9.17) is 21.7 Å². The number of thiocarbonyl (C=S) groups is 1.